The predicted octanol–water partition coefficient (Wildman–Crippen LogP) is 5.37. The van der Waals surface area contributed by atoms with Crippen LogP contribution in [0, 0.1) is 12.7 Å². The molecule has 3 nitrogen and oxygen atoms in total. The van der Waals surface area contributed by atoms with Gasteiger partial charge in [-0.1, -0.05) is 23.4 Å². The SMILES string of the molecule is CSc1nc(Cl)c2c(n1)CC1(CCCc3c(C)cc(Br)c(F)c31)OC2. The average molecular weight is 444 g/mol. The zero-order valence-corrected chi connectivity index (χ0v) is 17.1. The van der Waals surface area contributed by atoms with Crippen LogP contribution in [-0.4, -0.2) is 16.2 Å². The molecule has 1 aliphatic heterocycles. The molecule has 2 heterocycles. The highest BCUT2D eigenvalue weighted by molar-refractivity contribution is 9.10. The van der Waals surface area contributed by atoms with Gasteiger partial charge in [-0.05, 0) is 65.6 Å². The summed E-state index contributed by atoms with van der Waals surface area (Å²) >= 11 is 11.1. The maximum Gasteiger partial charge on any atom is 0.188 e. The molecule has 1 aliphatic carbocycles. The molecule has 1 aromatic carbocycles. The Bertz CT molecular complexity index is 879. The van der Waals surface area contributed by atoms with Crippen LogP contribution in [0.1, 0.15) is 40.8 Å². The third-order valence-corrected chi connectivity index (χ3v) is 6.60. The van der Waals surface area contributed by atoms with Crippen molar-refractivity contribution in [2.75, 3.05) is 6.26 Å². The molecule has 4 rings (SSSR count). The molecular formula is C18H17BrClFN2OS. The molecule has 1 aromatic heterocycles. The normalized spacial score (nSPS) is 22.0. The first kappa shape index (κ1) is 17.7. The molecule has 1 atom stereocenters. The van der Waals surface area contributed by atoms with Crippen molar-refractivity contribution < 1.29 is 9.13 Å². The molecule has 0 bridgehead atoms. The van der Waals surface area contributed by atoms with Crippen molar-refractivity contribution in [3.63, 3.8) is 0 Å². The van der Waals surface area contributed by atoms with Gasteiger partial charge < -0.3 is 4.74 Å². The second kappa shape index (κ2) is 6.48. The van der Waals surface area contributed by atoms with Gasteiger partial charge in [0.05, 0.1) is 16.8 Å². The molecule has 0 saturated carbocycles. The molecule has 0 radical (unpaired) electrons. The molecular weight excluding hydrogens is 427 g/mol. The molecule has 0 amide bonds. The molecule has 2 aliphatic rings. The van der Waals surface area contributed by atoms with Crippen molar-refractivity contribution in [3.8, 4) is 0 Å². The van der Waals surface area contributed by atoms with E-state index in [2.05, 4.69) is 25.9 Å². The second-order valence-corrected chi connectivity index (χ2v) is 8.57. The van der Waals surface area contributed by atoms with Gasteiger partial charge in [0, 0.05) is 17.5 Å². The highest BCUT2D eigenvalue weighted by Gasteiger charge is 2.45. The van der Waals surface area contributed by atoms with Crippen LogP contribution >= 0.6 is 39.3 Å². The lowest BCUT2D eigenvalue weighted by Gasteiger charge is -2.43. The van der Waals surface area contributed by atoms with Crippen molar-refractivity contribution in [1.82, 2.24) is 9.97 Å². The number of halogens is 3. The summed E-state index contributed by atoms with van der Waals surface area (Å²) in [5, 5.41) is 1.08. The molecule has 2 aromatic rings. The van der Waals surface area contributed by atoms with Gasteiger partial charge in [-0.3, -0.25) is 0 Å². The van der Waals surface area contributed by atoms with Gasteiger partial charge in [-0.25, -0.2) is 14.4 Å². The first-order valence-corrected chi connectivity index (χ1v) is 10.6. The second-order valence-electron chi connectivity index (χ2n) is 6.58. The molecule has 0 N–H and O–H groups in total. The van der Waals surface area contributed by atoms with Crippen molar-refractivity contribution >= 4 is 39.3 Å². The van der Waals surface area contributed by atoms with Gasteiger partial charge in [0.1, 0.15) is 16.6 Å². The maximum atomic E-state index is 15.1. The zero-order valence-electron chi connectivity index (χ0n) is 14.0. The van der Waals surface area contributed by atoms with E-state index in [-0.39, 0.29) is 5.82 Å². The Morgan fingerprint density at radius 2 is 2.16 bits per heavy atom. The third kappa shape index (κ3) is 2.82. The molecule has 1 spiro atoms. The summed E-state index contributed by atoms with van der Waals surface area (Å²) in [6.07, 6.45) is 5.08. The summed E-state index contributed by atoms with van der Waals surface area (Å²) in [5.41, 5.74) is 3.89. The minimum atomic E-state index is -0.674. The summed E-state index contributed by atoms with van der Waals surface area (Å²) in [4.78, 5) is 8.93. The largest absolute Gasteiger partial charge is 0.365 e. The number of hydrogen-bond acceptors (Lipinski definition) is 4. The van der Waals surface area contributed by atoms with E-state index in [4.69, 9.17) is 16.3 Å². The quantitative estimate of drug-likeness (QED) is 0.337. The van der Waals surface area contributed by atoms with Gasteiger partial charge in [0.15, 0.2) is 5.16 Å². The summed E-state index contributed by atoms with van der Waals surface area (Å²) in [5.74, 6) is -0.214. The molecule has 1 unspecified atom stereocenters. The van der Waals surface area contributed by atoms with E-state index in [0.29, 0.717) is 33.4 Å². The van der Waals surface area contributed by atoms with Crippen LogP contribution in [0.3, 0.4) is 0 Å². The molecule has 25 heavy (non-hydrogen) atoms. The van der Waals surface area contributed by atoms with Gasteiger partial charge in [-0.2, -0.15) is 0 Å². The fourth-order valence-electron chi connectivity index (χ4n) is 3.97. The number of aryl methyl sites for hydroxylation is 1. The highest BCUT2D eigenvalue weighted by Crippen LogP contribution is 2.48. The van der Waals surface area contributed by atoms with Crippen LogP contribution in [0.15, 0.2) is 15.7 Å². The number of thioether (sulfide) groups is 1. The van der Waals surface area contributed by atoms with Crippen LogP contribution in [0.2, 0.25) is 5.15 Å². The number of fused-ring (bicyclic) bond motifs is 3. The molecule has 7 heteroatoms. The predicted molar refractivity (Wildman–Crippen MR) is 101 cm³/mol. The Hall–Kier alpha value is -0.690. The Balaban J connectivity index is 1.88. The van der Waals surface area contributed by atoms with E-state index < -0.39 is 5.60 Å². The Kier molecular flexibility index (Phi) is 4.59. The van der Waals surface area contributed by atoms with E-state index in [1.54, 1.807) is 0 Å². The Morgan fingerprint density at radius 3 is 2.92 bits per heavy atom. The first-order valence-electron chi connectivity index (χ1n) is 8.16. The van der Waals surface area contributed by atoms with E-state index in [1.807, 2.05) is 19.2 Å². The van der Waals surface area contributed by atoms with Crippen molar-refractivity contribution in [2.24, 2.45) is 0 Å². The molecule has 132 valence electrons. The number of aromatic nitrogens is 2. The fourth-order valence-corrected chi connectivity index (χ4v) is 5.19. The lowest BCUT2D eigenvalue weighted by Crippen LogP contribution is -2.41. The smallest absolute Gasteiger partial charge is 0.188 e. The lowest BCUT2D eigenvalue weighted by atomic mass is 9.73. The Labute approximate surface area is 163 Å². The van der Waals surface area contributed by atoms with Crippen LogP contribution in [0.5, 0.6) is 0 Å². The van der Waals surface area contributed by atoms with E-state index >= 15 is 4.39 Å². The minimum Gasteiger partial charge on any atom is -0.365 e. The third-order valence-electron chi connectivity index (χ3n) is 5.16. The van der Waals surface area contributed by atoms with Crippen LogP contribution in [0.4, 0.5) is 4.39 Å². The Morgan fingerprint density at radius 1 is 1.36 bits per heavy atom. The van der Waals surface area contributed by atoms with E-state index in [1.165, 1.54) is 11.8 Å². The summed E-state index contributed by atoms with van der Waals surface area (Å²) in [6.45, 7) is 2.34. The zero-order chi connectivity index (χ0) is 17.8. The topological polar surface area (TPSA) is 35.0 Å². The number of rotatable bonds is 1. The number of ether oxygens (including phenoxy) is 1. The van der Waals surface area contributed by atoms with Gasteiger partial charge in [0.2, 0.25) is 0 Å². The van der Waals surface area contributed by atoms with Crippen molar-refractivity contribution in [2.45, 2.75) is 50.0 Å². The van der Waals surface area contributed by atoms with Gasteiger partial charge in [-0.15, -0.1) is 0 Å². The average Bonchev–Trinajstić information content (AvgIpc) is 2.59. The number of benzene rings is 1. The fraction of sp³-hybridized carbons (Fsp3) is 0.444. The summed E-state index contributed by atoms with van der Waals surface area (Å²) < 4.78 is 21.9. The number of hydrogen-bond donors (Lipinski definition) is 0. The highest BCUT2D eigenvalue weighted by atomic mass is 79.9. The van der Waals surface area contributed by atoms with Crippen LogP contribution < -0.4 is 0 Å². The molecule has 0 fully saturated rings. The lowest BCUT2D eigenvalue weighted by molar-refractivity contribution is -0.0880. The molecule has 0 saturated heterocycles. The first-order chi connectivity index (χ1) is 11.9. The monoisotopic (exact) mass is 442 g/mol. The summed E-state index contributed by atoms with van der Waals surface area (Å²) in [6, 6.07) is 1.86. The standard InChI is InChI=1S/C18H17BrClFN2OS/c1-9-6-12(19)15(21)14-10(9)4-3-5-18(14)7-13-11(8-24-18)16(20)23-17(22-13)25-2/h6H,3-5,7-8H2,1-2H3. The van der Waals surface area contributed by atoms with Crippen molar-refractivity contribution in [3.05, 3.63) is 49.5 Å². The van der Waals surface area contributed by atoms with Gasteiger partial charge in [0.25, 0.3) is 0 Å². The van der Waals surface area contributed by atoms with Gasteiger partial charge >= 0.3 is 0 Å². The van der Waals surface area contributed by atoms with E-state index in [0.717, 1.165) is 41.6 Å². The van der Waals surface area contributed by atoms with E-state index in [9.17, 15) is 0 Å². The van der Waals surface area contributed by atoms with Crippen LogP contribution in [-0.2, 0) is 29.8 Å². The maximum absolute atomic E-state index is 15.1. The van der Waals surface area contributed by atoms with Crippen molar-refractivity contribution in [1.29, 1.82) is 0 Å². The minimum absolute atomic E-state index is 0.214. The number of nitrogens with zero attached hydrogens (tertiary/aromatic N) is 2. The summed E-state index contributed by atoms with van der Waals surface area (Å²) in [7, 11) is 0. The van der Waals surface area contributed by atoms with Crippen LogP contribution in [0.25, 0.3) is 0 Å².